The summed E-state index contributed by atoms with van der Waals surface area (Å²) in [5.74, 6) is 0. The predicted octanol–water partition coefficient (Wildman–Crippen LogP) is 4.01. The lowest BCUT2D eigenvalue weighted by molar-refractivity contribution is 0.601. The van der Waals surface area contributed by atoms with Gasteiger partial charge in [-0.1, -0.05) is 37.6 Å². The Labute approximate surface area is 121 Å². The Hall–Kier alpha value is -1.94. The second-order valence-electron chi connectivity index (χ2n) is 4.99. The van der Waals surface area contributed by atoms with Crippen molar-refractivity contribution in [3.63, 3.8) is 0 Å². The second-order valence-corrected chi connectivity index (χ2v) is 5.37. The first-order valence-corrected chi connectivity index (χ1v) is 7.27. The van der Waals surface area contributed by atoms with Crippen molar-refractivity contribution in [2.75, 3.05) is 0 Å². The summed E-state index contributed by atoms with van der Waals surface area (Å²) in [5, 5.41) is 2.88. The number of benzene rings is 2. The van der Waals surface area contributed by atoms with E-state index < -0.39 is 0 Å². The van der Waals surface area contributed by atoms with Gasteiger partial charge in [0.15, 0.2) is 4.77 Å². The van der Waals surface area contributed by atoms with E-state index in [-0.39, 0.29) is 5.56 Å². The monoisotopic (exact) mass is 284 g/mol. The summed E-state index contributed by atoms with van der Waals surface area (Å²) < 4.78 is 2.17. The predicted molar refractivity (Wildman–Crippen MR) is 85.8 cm³/mol. The first kappa shape index (κ1) is 13.1. The molecule has 0 spiro atoms. The van der Waals surface area contributed by atoms with E-state index in [2.05, 4.69) is 11.9 Å². The zero-order valence-corrected chi connectivity index (χ0v) is 12.2. The standard InChI is InChI=1S/C16H16N2OS/c1-2-3-8-18-15(19)13-9-11-6-4-5-7-12(11)10-14(13)17-16(18)20/h4-7,9-10H,2-3,8H2,1H3,(H,17,20). The number of nitrogens with zero attached hydrogens (tertiary/aromatic N) is 1. The van der Waals surface area contributed by atoms with Gasteiger partial charge < -0.3 is 4.98 Å². The van der Waals surface area contributed by atoms with Gasteiger partial charge in [0, 0.05) is 6.54 Å². The Bertz CT molecular complexity index is 892. The number of aromatic nitrogens is 2. The van der Waals surface area contributed by atoms with E-state index >= 15 is 0 Å². The molecule has 0 bridgehead atoms. The molecule has 20 heavy (non-hydrogen) atoms. The fourth-order valence-electron chi connectivity index (χ4n) is 2.46. The van der Waals surface area contributed by atoms with Crippen LogP contribution in [0.25, 0.3) is 21.7 Å². The maximum atomic E-state index is 12.6. The molecule has 0 aliphatic rings. The first-order chi connectivity index (χ1) is 9.70. The second kappa shape index (κ2) is 5.21. The van der Waals surface area contributed by atoms with E-state index in [0.29, 0.717) is 16.7 Å². The normalized spacial score (nSPS) is 11.2. The minimum absolute atomic E-state index is 0.00273. The van der Waals surface area contributed by atoms with Crippen LogP contribution in [0.15, 0.2) is 41.2 Å². The van der Waals surface area contributed by atoms with E-state index in [4.69, 9.17) is 12.2 Å². The Balaban J connectivity index is 2.33. The van der Waals surface area contributed by atoms with Crippen LogP contribution in [0, 0.1) is 4.77 Å². The maximum absolute atomic E-state index is 12.6. The number of H-pyrrole nitrogens is 1. The Morgan fingerprint density at radius 2 is 1.90 bits per heavy atom. The van der Waals surface area contributed by atoms with Gasteiger partial charge in [0.2, 0.25) is 0 Å². The minimum atomic E-state index is 0.00273. The largest absolute Gasteiger partial charge is 0.332 e. The van der Waals surface area contributed by atoms with Gasteiger partial charge in [0.1, 0.15) is 0 Å². The number of rotatable bonds is 3. The van der Waals surface area contributed by atoms with Crippen LogP contribution in [0.5, 0.6) is 0 Å². The highest BCUT2D eigenvalue weighted by Gasteiger charge is 2.06. The van der Waals surface area contributed by atoms with Gasteiger partial charge in [-0.05, 0) is 41.5 Å². The summed E-state index contributed by atoms with van der Waals surface area (Å²) in [6.07, 6.45) is 1.99. The van der Waals surface area contributed by atoms with Gasteiger partial charge in [0.05, 0.1) is 10.9 Å². The molecule has 1 aromatic heterocycles. The Kier molecular flexibility index (Phi) is 3.40. The zero-order valence-electron chi connectivity index (χ0n) is 11.3. The van der Waals surface area contributed by atoms with Crippen molar-refractivity contribution in [2.24, 2.45) is 0 Å². The van der Waals surface area contributed by atoms with Crippen molar-refractivity contribution in [1.82, 2.24) is 9.55 Å². The van der Waals surface area contributed by atoms with E-state index in [1.54, 1.807) is 4.57 Å². The van der Waals surface area contributed by atoms with E-state index in [1.807, 2.05) is 36.4 Å². The van der Waals surface area contributed by atoms with Crippen LogP contribution < -0.4 is 5.56 Å². The van der Waals surface area contributed by atoms with Gasteiger partial charge >= 0.3 is 0 Å². The molecule has 3 nitrogen and oxygen atoms in total. The van der Waals surface area contributed by atoms with Gasteiger partial charge in [-0.15, -0.1) is 0 Å². The van der Waals surface area contributed by atoms with Crippen LogP contribution in [0.1, 0.15) is 19.8 Å². The molecule has 0 unspecified atom stereocenters. The van der Waals surface area contributed by atoms with Gasteiger partial charge in [0.25, 0.3) is 5.56 Å². The van der Waals surface area contributed by atoms with Gasteiger partial charge in [-0.25, -0.2) is 0 Å². The molecule has 0 amide bonds. The first-order valence-electron chi connectivity index (χ1n) is 6.86. The lowest BCUT2D eigenvalue weighted by Gasteiger charge is -2.08. The molecule has 0 aliphatic heterocycles. The summed E-state index contributed by atoms with van der Waals surface area (Å²) in [7, 11) is 0. The molecule has 0 atom stereocenters. The minimum Gasteiger partial charge on any atom is -0.332 e. The van der Waals surface area contributed by atoms with Crippen LogP contribution in [0.3, 0.4) is 0 Å². The van der Waals surface area contributed by atoms with Crippen molar-refractivity contribution in [3.05, 3.63) is 51.5 Å². The molecule has 0 saturated heterocycles. The topological polar surface area (TPSA) is 37.8 Å². The number of fused-ring (bicyclic) bond motifs is 2. The summed E-state index contributed by atoms with van der Waals surface area (Å²) in [4.78, 5) is 15.8. The highest BCUT2D eigenvalue weighted by Crippen LogP contribution is 2.19. The van der Waals surface area contributed by atoms with E-state index in [0.717, 1.165) is 29.1 Å². The third-order valence-corrected chi connectivity index (χ3v) is 3.91. The molecule has 0 saturated carbocycles. The average Bonchev–Trinajstić information content (AvgIpc) is 2.45. The van der Waals surface area contributed by atoms with Crippen molar-refractivity contribution in [2.45, 2.75) is 26.3 Å². The van der Waals surface area contributed by atoms with Crippen LogP contribution >= 0.6 is 12.2 Å². The fraction of sp³-hybridized carbons (Fsp3) is 0.250. The molecule has 3 aromatic rings. The number of aromatic amines is 1. The quantitative estimate of drug-likeness (QED) is 0.583. The molecule has 0 radical (unpaired) electrons. The van der Waals surface area contributed by atoms with E-state index in [1.165, 1.54) is 0 Å². The molecular weight excluding hydrogens is 268 g/mol. The lowest BCUT2D eigenvalue weighted by Crippen LogP contribution is -2.22. The van der Waals surface area contributed by atoms with Crippen LogP contribution in [0.4, 0.5) is 0 Å². The summed E-state index contributed by atoms with van der Waals surface area (Å²) >= 11 is 5.31. The van der Waals surface area contributed by atoms with E-state index in [9.17, 15) is 4.79 Å². The van der Waals surface area contributed by atoms with Gasteiger partial charge in [-0.3, -0.25) is 9.36 Å². The molecule has 4 heteroatoms. The molecule has 3 rings (SSSR count). The number of nitrogens with one attached hydrogen (secondary N) is 1. The maximum Gasteiger partial charge on any atom is 0.262 e. The van der Waals surface area contributed by atoms with Crippen molar-refractivity contribution in [1.29, 1.82) is 0 Å². The average molecular weight is 284 g/mol. The summed E-state index contributed by atoms with van der Waals surface area (Å²) in [6, 6.07) is 12.0. The summed E-state index contributed by atoms with van der Waals surface area (Å²) in [6.45, 7) is 2.78. The lowest BCUT2D eigenvalue weighted by atomic mass is 10.1. The van der Waals surface area contributed by atoms with Crippen LogP contribution in [-0.4, -0.2) is 9.55 Å². The van der Waals surface area contributed by atoms with Crippen molar-refractivity contribution in [3.8, 4) is 0 Å². The number of unbranched alkanes of at least 4 members (excludes halogenated alkanes) is 1. The highest BCUT2D eigenvalue weighted by atomic mass is 32.1. The smallest absolute Gasteiger partial charge is 0.262 e. The molecule has 1 heterocycles. The van der Waals surface area contributed by atoms with Crippen molar-refractivity contribution >= 4 is 33.9 Å². The Morgan fingerprint density at radius 1 is 1.20 bits per heavy atom. The number of hydrogen-bond acceptors (Lipinski definition) is 2. The summed E-state index contributed by atoms with van der Waals surface area (Å²) in [5.41, 5.74) is 0.814. The SMILES string of the molecule is CCCCn1c(=S)[nH]c2cc3ccccc3cc2c1=O. The third kappa shape index (κ3) is 2.16. The molecular formula is C16H16N2OS. The zero-order chi connectivity index (χ0) is 14.1. The molecule has 0 aliphatic carbocycles. The number of hydrogen-bond donors (Lipinski definition) is 1. The molecule has 1 N–H and O–H groups in total. The Morgan fingerprint density at radius 3 is 2.60 bits per heavy atom. The highest BCUT2D eigenvalue weighted by molar-refractivity contribution is 7.71. The fourth-order valence-corrected chi connectivity index (χ4v) is 2.74. The molecule has 102 valence electrons. The van der Waals surface area contributed by atoms with Crippen LogP contribution in [-0.2, 0) is 6.54 Å². The third-order valence-electron chi connectivity index (χ3n) is 3.58. The van der Waals surface area contributed by atoms with Gasteiger partial charge in [-0.2, -0.15) is 0 Å². The molecule has 0 fully saturated rings. The van der Waals surface area contributed by atoms with Crippen molar-refractivity contribution < 1.29 is 0 Å². The molecule has 2 aromatic carbocycles. The van der Waals surface area contributed by atoms with Crippen LogP contribution in [0.2, 0.25) is 0 Å².